The Hall–Kier alpha value is -2.47. The van der Waals surface area contributed by atoms with Crippen LogP contribution in [0, 0.1) is 0 Å². The van der Waals surface area contributed by atoms with Crippen LogP contribution >= 0.6 is 11.3 Å². The Bertz CT molecular complexity index is 876. The predicted molar refractivity (Wildman–Crippen MR) is 96.1 cm³/mol. The fourth-order valence-corrected chi connectivity index (χ4v) is 3.85. The van der Waals surface area contributed by atoms with Gasteiger partial charge in [-0.1, -0.05) is 12.1 Å². The number of benzene rings is 1. The van der Waals surface area contributed by atoms with Gasteiger partial charge >= 0.3 is 0 Å². The molecular formula is C18H18N4OS. The van der Waals surface area contributed by atoms with E-state index in [0.29, 0.717) is 18.8 Å². The number of thiophene rings is 1. The van der Waals surface area contributed by atoms with E-state index in [0.717, 1.165) is 30.5 Å². The number of carbonyl (C=O) groups excluding carboxylic acids is 1. The largest absolute Gasteiger partial charge is 0.368 e. The first-order valence-electron chi connectivity index (χ1n) is 8.08. The third-order valence-corrected chi connectivity index (χ3v) is 5.28. The van der Waals surface area contributed by atoms with Crippen molar-refractivity contribution in [2.45, 2.75) is 19.4 Å². The van der Waals surface area contributed by atoms with Crippen LogP contribution in [0.3, 0.4) is 0 Å². The molecular weight excluding hydrogens is 320 g/mol. The summed E-state index contributed by atoms with van der Waals surface area (Å²) in [4.78, 5) is 24.6. The van der Waals surface area contributed by atoms with Crippen molar-refractivity contribution in [1.82, 2.24) is 14.9 Å². The summed E-state index contributed by atoms with van der Waals surface area (Å²) in [6.45, 7) is 2.13. The normalized spacial score (nSPS) is 13.8. The van der Waals surface area contributed by atoms with Crippen molar-refractivity contribution in [1.29, 1.82) is 0 Å². The highest BCUT2D eigenvalue weighted by atomic mass is 32.1. The molecule has 0 unspecified atom stereocenters. The van der Waals surface area contributed by atoms with E-state index in [1.165, 1.54) is 10.4 Å². The predicted octanol–water partition coefficient (Wildman–Crippen LogP) is 3.08. The number of nitrogens with zero attached hydrogens (tertiary/aromatic N) is 3. The second-order valence-electron chi connectivity index (χ2n) is 5.86. The summed E-state index contributed by atoms with van der Waals surface area (Å²) in [7, 11) is 0. The molecule has 0 aliphatic carbocycles. The van der Waals surface area contributed by atoms with Crippen LogP contribution < -0.4 is 5.32 Å². The first-order chi connectivity index (χ1) is 11.8. The Morgan fingerprint density at radius 3 is 3.04 bits per heavy atom. The minimum Gasteiger partial charge on any atom is -0.368 e. The molecule has 0 fully saturated rings. The van der Waals surface area contributed by atoms with Crippen molar-refractivity contribution in [2.75, 3.05) is 18.4 Å². The van der Waals surface area contributed by atoms with Crippen molar-refractivity contribution in [2.24, 2.45) is 0 Å². The zero-order chi connectivity index (χ0) is 16.4. The highest BCUT2D eigenvalue weighted by molar-refractivity contribution is 7.10. The second-order valence-corrected chi connectivity index (χ2v) is 6.86. The molecule has 2 aromatic heterocycles. The molecule has 1 aliphatic heterocycles. The SMILES string of the molecule is O=C(CCNc1cnc2ccccc2n1)N1CCc2sccc2C1. The molecule has 122 valence electrons. The van der Waals surface area contributed by atoms with E-state index < -0.39 is 0 Å². The van der Waals surface area contributed by atoms with Crippen LogP contribution in [0.2, 0.25) is 0 Å². The molecule has 0 atom stereocenters. The van der Waals surface area contributed by atoms with Crippen LogP contribution in [-0.4, -0.2) is 33.9 Å². The Labute approximate surface area is 144 Å². The van der Waals surface area contributed by atoms with Crippen LogP contribution in [0.1, 0.15) is 16.9 Å². The summed E-state index contributed by atoms with van der Waals surface area (Å²) < 4.78 is 0. The van der Waals surface area contributed by atoms with Crippen LogP contribution in [0.4, 0.5) is 5.82 Å². The van der Waals surface area contributed by atoms with Gasteiger partial charge in [0.2, 0.25) is 5.91 Å². The topological polar surface area (TPSA) is 58.1 Å². The van der Waals surface area contributed by atoms with E-state index in [9.17, 15) is 4.79 Å². The van der Waals surface area contributed by atoms with Crippen molar-refractivity contribution in [3.63, 3.8) is 0 Å². The summed E-state index contributed by atoms with van der Waals surface area (Å²) >= 11 is 1.79. The van der Waals surface area contributed by atoms with Crippen molar-refractivity contribution >= 4 is 34.1 Å². The number of carbonyl (C=O) groups is 1. The third-order valence-electron chi connectivity index (χ3n) is 4.25. The van der Waals surface area contributed by atoms with Crippen molar-refractivity contribution < 1.29 is 4.79 Å². The third kappa shape index (κ3) is 3.10. The number of para-hydroxylation sites is 2. The molecule has 5 nitrogen and oxygen atoms in total. The lowest BCUT2D eigenvalue weighted by Crippen LogP contribution is -2.36. The van der Waals surface area contributed by atoms with Gasteiger partial charge < -0.3 is 10.2 Å². The van der Waals surface area contributed by atoms with Gasteiger partial charge in [0.1, 0.15) is 5.82 Å². The maximum absolute atomic E-state index is 12.4. The Balaban J connectivity index is 1.32. The van der Waals surface area contributed by atoms with Gasteiger partial charge in [-0.15, -0.1) is 11.3 Å². The van der Waals surface area contributed by atoms with E-state index in [1.54, 1.807) is 17.5 Å². The molecule has 1 N–H and O–H groups in total. The highest BCUT2D eigenvalue weighted by Gasteiger charge is 2.20. The van der Waals surface area contributed by atoms with Crippen molar-refractivity contribution in [3.8, 4) is 0 Å². The smallest absolute Gasteiger partial charge is 0.224 e. The molecule has 1 amide bonds. The van der Waals surface area contributed by atoms with Gasteiger partial charge in [0.25, 0.3) is 0 Å². The molecule has 1 aliphatic rings. The fourth-order valence-electron chi connectivity index (χ4n) is 2.96. The molecule has 24 heavy (non-hydrogen) atoms. The lowest BCUT2D eigenvalue weighted by molar-refractivity contribution is -0.131. The number of amides is 1. The summed E-state index contributed by atoms with van der Waals surface area (Å²) in [5.41, 5.74) is 3.03. The zero-order valence-electron chi connectivity index (χ0n) is 13.2. The van der Waals surface area contributed by atoms with Gasteiger partial charge in [-0.2, -0.15) is 0 Å². The summed E-state index contributed by atoms with van der Waals surface area (Å²) in [5.74, 6) is 0.897. The number of nitrogens with one attached hydrogen (secondary N) is 1. The highest BCUT2D eigenvalue weighted by Crippen LogP contribution is 2.24. The number of rotatable bonds is 4. The Morgan fingerprint density at radius 2 is 2.12 bits per heavy atom. The standard InChI is InChI=1S/C18H18N4OS/c23-18(22-9-6-16-13(12-22)7-10-24-16)5-8-19-17-11-20-14-3-1-2-4-15(14)21-17/h1-4,7,10-11H,5-6,8-9,12H2,(H,19,21). The fraction of sp³-hybridized carbons (Fsp3) is 0.278. The van der Waals surface area contributed by atoms with Crippen LogP contribution in [0.25, 0.3) is 11.0 Å². The number of hydrogen-bond acceptors (Lipinski definition) is 5. The zero-order valence-corrected chi connectivity index (χ0v) is 14.1. The van der Waals surface area contributed by atoms with E-state index in [2.05, 4.69) is 26.7 Å². The number of fused-ring (bicyclic) bond motifs is 2. The molecule has 0 spiro atoms. The number of anilines is 1. The summed E-state index contributed by atoms with van der Waals surface area (Å²) in [5, 5.41) is 5.31. The van der Waals surface area contributed by atoms with Gasteiger partial charge in [-0.3, -0.25) is 9.78 Å². The van der Waals surface area contributed by atoms with Gasteiger partial charge in [-0.05, 0) is 35.6 Å². The molecule has 3 heterocycles. The lowest BCUT2D eigenvalue weighted by Gasteiger charge is -2.27. The summed E-state index contributed by atoms with van der Waals surface area (Å²) in [6.07, 6.45) is 3.15. The van der Waals surface area contributed by atoms with E-state index in [4.69, 9.17) is 0 Å². The molecule has 0 saturated carbocycles. The molecule has 3 aromatic rings. The maximum atomic E-state index is 12.4. The first kappa shape index (κ1) is 15.1. The monoisotopic (exact) mass is 338 g/mol. The molecule has 0 radical (unpaired) electrons. The average Bonchev–Trinajstić information content (AvgIpc) is 3.09. The quantitative estimate of drug-likeness (QED) is 0.794. The number of aromatic nitrogens is 2. The van der Waals surface area contributed by atoms with E-state index >= 15 is 0 Å². The van der Waals surface area contributed by atoms with Gasteiger partial charge in [0.15, 0.2) is 0 Å². The molecule has 4 rings (SSSR count). The van der Waals surface area contributed by atoms with Gasteiger partial charge in [0, 0.05) is 30.9 Å². The molecule has 0 saturated heterocycles. The Morgan fingerprint density at radius 1 is 1.25 bits per heavy atom. The van der Waals surface area contributed by atoms with Crippen molar-refractivity contribution in [3.05, 3.63) is 52.3 Å². The van der Waals surface area contributed by atoms with E-state index in [-0.39, 0.29) is 5.91 Å². The van der Waals surface area contributed by atoms with Crippen LogP contribution in [0.15, 0.2) is 41.9 Å². The van der Waals surface area contributed by atoms with E-state index in [1.807, 2.05) is 29.2 Å². The first-order valence-corrected chi connectivity index (χ1v) is 8.96. The maximum Gasteiger partial charge on any atom is 0.224 e. The van der Waals surface area contributed by atoms with Crippen LogP contribution in [0.5, 0.6) is 0 Å². The Kier molecular flexibility index (Phi) is 4.13. The minimum atomic E-state index is 0.188. The summed E-state index contributed by atoms with van der Waals surface area (Å²) in [6, 6.07) is 9.89. The molecule has 0 bridgehead atoms. The number of hydrogen-bond donors (Lipinski definition) is 1. The lowest BCUT2D eigenvalue weighted by atomic mass is 10.1. The molecule has 6 heteroatoms. The van der Waals surface area contributed by atoms with Gasteiger partial charge in [0.05, 0.1) is 17.2 Å². The average molecular weight is 338 g/mol. The molecule has 1 aromatic carbocycles. The minimum absolute atomic E-state index is 0.188. The van der Waals surface area contributed by atoms with Gasteiger partial charge in [-0.25, -0.2) is 4.98 Å². The second kappa shape index (κ2) is 6.57. The van der Waals surface area contributed by atoms with Crippen LogP contribution in [-0.2, 0) is 17.8 Å².